The number of unbranched alkanes of at least 4 members (excludes halogenated alkanes) is 6. The van der Waals surface area contributed by atoms with Gasteiger partial charge in [-0.3, -0.25) is 4.79 Å². The van der Waals surface area contributed by atoms with Gasteiger partial charge in [0.1, 0.15) is 17.1 Å². The largest absolute Gasteiger partial charge is 0.616 e. The summed E-state index contributed by atoms with van der Waals surface area (Å²) >= 11 is -0.727. The van der Waals surface area contributed by atoms with E-state index < -0.39 is 40.0 Å². The molecule has 1 rings (SSSR count). The van der Waals surface area contributed by atoms with Gasteiger partial charge in [0, 0.05) is 5.69 Å². The maximum atomic E-state index is 13.1. The summed E-state index contributed by atoms with van der Waals surface area (Å²) in [6.45, 7) is 3.41. The van der Waals surface area contributed by atoms with Crippen LogP contribution in [0.1, 0.15) is 82.8 Å². The zero-order valence-electron chi connectivity index (χ0n) is 18.8. The summed E-state index contributed by atoms with van der Waals surface area (Å²) in [5.41, 5.74) is -3.51. The van der Waals surface area contributed by atoms with Crippen LogP contribution in [0.25, 0.3) is 0 Å². The van der Waals surface area contributed by atoms with Crippen molar-refractivity contribution >= 4 is 22.8 Å². The fraction of sp³-hybridized carbons (Fsp3) is 0.652. The highest BCUT2D eigenvalue weighted by atomic mass is 32.2. The quantitative estimate of drug-likeness (QED) is 0.273. The first-order valence-corrected chi connectivity index (χ1v) is 12.5. The molecule has 5 nitrogen and oxygen atoms in total. The van der Waals surface area contributed by atoms with Crippen LogP contribution >= 0.6 is 0 Å². The Labute approximate surface area is 191 Å². The smallest absolute Gasteiger partial charge is 0.417 e. The molecule has 0 saturated heterocycles. The number of rotatable bonds is 14. The van der Waals surface area contributed by atoms with Gasteiger partial charge in [0.2, 0.25) is 0 Å². The number of alkyl halides is 3. The summed E-state index contributed by atoms with van der Waals surface area (Å²) in [5, 5.41) is 21.6. The highest BCUT2D eigenvalue weighted by Crippen LogP contribution is 2.33. The number of amides is 1. The minimum atomic E-state index is -4.72. The van der Waals surface area contributed by atoms with E-state index in [-0.39, 0.29) is 12.1 Å². The lowest BCUT2D eigenvalue weighted by Gasteiger charge is -2.22. The van der Waals surface area contributed by atoms with Gasteiger partial charge in [-0.1, -0.05) is 50.2 Å². The number of hydrogen-bond acceptors (Lipinski definition) is 4. The molecule has 0 fully saturated rings. The van der Waals surface area contributed by atoms with Gasteiger partial charge in [0.25, 0.3) is 5.91 Å². The highest BCUT2D eigenvalue weighted by Gasteiger charge is 2.35. The first kappa shape index (κ1) is 28.3. The number of carbonyl (C=O) groups is 1. The summed E-state index contributed by atoms with van der Waals surface area (Å²) in [6.07, 6.45) is 2.78. The normalized spacial score (nSPS) is 14.4. The topological polar surface area (TPSA) is 96.2 Å². The third kappa shape index (κ3) is 10.2. The predicted molar refractivity (Wildman–Crippen MR) is 121 cm³/mol. The van der Waals surface area contributed by atoms with Crippen LogP contribution in [0.2, 0.25) is 0 Å². The maximum absolute atomic E-state index is 13.1. The lowest BCUT2D eigenvalue weighted by Crippen LogP contribution is -2.40. The fourth-order valence-corrected chi connectivity index (χ4v) is 4.52. The number of aliphatic hydroxyl groups is 1. The Morgan fingerprint density at radius 2 is 1.72 bits per heavy atom. The first-order valence-electron chi connectivity index (χ1n) is 11.0. The van der Waals surface area contributed by atoms with Crippen LogP contribution in [-0.4, -0.2) is 32.7 Å². The molecule has 2 atom stereocenters. The number of benzene rings is 1. The number of halogens is 3. The third-order valence-corrected chi connectivity index (χ3v) is 6.69. The second kappa shape index (κ2) is 13.7. The molecule has 0 aliphatic rings. The average Bonchev–Trinajstić information content (AvgIpc) is 2.73. The Balaban J connectivity index is 2.38. The van der Waals surface area contributed by atoms with E-state index in [2.05, 4.69) is 12.2 Å². The molecule has 0 aromatic heterocycles. The van der Waals surface area contributed by atoms with Crippen LogP contribution in [0.4, 0.5) is 18.9 Å². The van der Waals surface area contributed by atoms with E-state index in [1.807, 2.05) is 0 Å². The molecule has 0 saturated carbocycles. The fourth-order valence-electron chi connectivity index (χ4n) is 3.18. The second-order valence-corrected chi connectivity index (χ2v) is 9.87. The van der Waals surface area contributed by atoms with Crippen LogP contribution in [0, 0.1) is 11.3 Å². The number of carbonyl (C=O) groups excluding carboxylic acids is 1. The van der Waals surface area contributed by atoms with Crippen molar-refractivity contribution in [2.24, 2.45) is 0 Å². The number of nitrogens with zero attached hydrogens (tertiary/aromatic N) is 1. The second-order valence-electron chi connectivity index (χ2n) is 8.17. The van der Waals surface area contributed by atoms with Crippen molar-refractivity contribution in [3.8, 4) is 6.07 Å². The summed E-state index contributed by atoms with van der Waals surface area (Å²) in [5.74, 6) is 0.721. The molecule has 1 amide bonds. The Bertz CT molecular complexity index is 764. The minimum absolute atomic E-state index is 0.127. The van der Waals surface area contributed by atoms with Gasteiger partial charge in [-0.25, -0.2) is 0 Å². The summed E-state index contributed by atoms with van der Waals surface area (Å²) in [6, 6.07) is 4.38. The summed E-state index contributed by atoms with van der Waals surface area (Å²) in [7, 11) is 0. The standard InChI is InChI=1S/C23H33F3N2O3S/c1-3-4-14-32(31)15-10-8-6-5-7-9-13-22(2,30)21(29)28-19-12-11-18(17-27)20(16-19)23(24,25)26/h11-12,16,30H,3-10,13-15H2,1-2H3,(H,28,29)/t22-,32?/m0/s1. The van der Waals surface area contributed by atoms with Crippen molar-refractivity contribution in [3.63, 3.8) is 0 Å². The van der Waals surface area contributed by atoms with Gasteiger partial charge in [-0.2, -0.15) is 18.4 Å². The van der Waals surface area contributed by atoms with Gasteiger partial charge in [0.05, 0.1) is 17.2 Å². The zero-order valence-corrected chi connectivity index (χ0v) is 19.6. The minimum Gasteiger partial charge on any atom is -0.616 e. The van der Waals surface area contributed by atoms with E-state index in [0.717, 1.165) is 62.5 Å². The molecule has 0 heterocycles. The van der Waals surface area contributed by atoms with Crippen molar-refractivity contribution in [1.29, 1.82) is 5.26 Å². The van der Waals surface area contributed by atoms with Gasteiger partial charge in [0.15, 0.2) is 0 Å². The van der Waals surface area contributed by atoms with Crippen LogP contribution in [-0.2, 0) is 22.1 Å². The van der Waals surface area contributed by atoms with Gasteiger partial charge >= 0.3 is 6.18 Å². The molecule has 0 aliphatic heterocycles. The lowest BCUT2D eigenvalue weighted by molar-refractivity contribution is -0.138. The van der Waals surface area contributed by atoms with E-state index in [0.29, 0.717) is 12.5 Å². The molecule has 1 aromatic carbocycles. The molecule has 1 aromatic rings. The molecule has 9 heteroatoms. The SMILES string of the molecule is CCCC[S+]([O-])CCCCCCCC[C@](C)(O)C(=O)Nc1ccc(C#N)c(C(F)(F)F)c1. The maximum Gasteiger partial charge on any atom is 0.417 e. The van der Waals surface area contributed by atoms with Crippen molar-refractivity contribution in [3.05, 3.63) is 29.3 Å². The molecule has 0 spiro atoms. The lowest BCUT2D eigenvalue weighted by atomic mass is 9.96. The molecule has 2 N–H and O–H groups in total. The predicted octanol–water partition coefficient (Wildman–Crippen LogP) is 5.55. The van der Waals surface area contributed by atoms with Crippen molar-refractivity contribution in [1.82, 2.24) is 0 Å². The Morgan fingerprint density at radius 3 is 2.31 bits per heavy atom. The number of nitriles is 1. The number of anilines is 1. The van der Waals surface area contributed by atoms with E-state index in [1.54, 1.807) is 0 Å². The molecule has 1 unspecified atom stereocenters. The third-order valence-electron chi connectivity index (χ3n) is 5.20. The number of hydrogen-bond donors (Lipinski definition) is 2. The molecule has 180 valence electrons. The van der Waals surface area contributed by atoms with Crippen LogP contribution in [0.3, 0.4) is 0 Å². The summed E-state index contributed by atoms with van der Waals surface area (Å²) < 4.78 is 50.9. The Morgan fingerprint density at radius 1 is 1.12 bits per heavy atom. The van der Waals surface area contributed by atoms with Crippen molar-refractivity contribution < 1.29 is 27.6 Å². The zero-order chi connectivity index (χ0) is 24.2. The van der Waals surface area contributed by atoms with Crippen LogP contribution in [0.15, 0.2) is 18.2 Å². The van der Waals surface area contributed by atoms with E-state index in [4.69, 9.17) is 5.26 Å². The van der Waals surface area contributed by atoms with Gasteiger partial charge in [-0.15, -0.1) is 0 Å². The molecule has 0 radical (unpaired) electrons. The van der Waals surface area contributed by atoms with Gasteiger partial charge in [-0.05, 0) is 50.8 Å². The van der Waals surface area contributed by atoms with Crippen LogP contribution in [0.5, 0.6) is 0 Å². The first-order chi connectivity index (χ1) is 15.0. The molecular formula is C23H33F3N2O3S. The van der Waals surface area contributed by atoms with Crippen molar-refractivity contribution in [2.45, 2.75) is 83.4 Å². The van der Waals surface area contributed by atoms with Crippen molar-refractivity contribution in [2.75, 3.05) is 16.8 Å². The Hall–Kier alpha value is -1.76. The summed E-state index contributed by atoms with van der Waals surface area (Å²) in [4.78, 5) is 12.4. The van der Waals surface area contributed by atoms with Gasteiger partial charge < -0.3 is 15.0 Å². The highest BCUT2D eigenvalue weighted by molar-refractivity contribution is 7.91. The van der Waals surface area contributed by atoms with E-state index >= 15 is 0 Å². The average molecular weight is 475 g/mol. The van der Waals surface area contributed by atoms with Crippen LogP contribution < -0.4 is 5.32 Å². The van der Waals surface area contributed by atoms with E-state index in [9.17, 15) is 27.6 Å². The molecule has 0 aliphatic carbocycles. The monoisotopic (exact) mass is 474 g/mol. The molecular weight excluding hydrogens is 441 g/mol. The Kier molecular flexibility index (Phi) is 12.1. The number of nitrogens with one attached hydrogen (secondary N) is 1. The molecule has 0 bridgehead atoms. The van der Waals surface area contributed by atoms with E-state index in [1.165, 1.54) is 19.1 Å². The molecule has 32 heavy (non-hydrogen) atoms.